The van der Waals surface area contributed by atoms with Gasteiger partial charge in [0.2, 0.25) is 0 Å². The van der Waals surface area contributed by atoms with E-state index in [1.165, 1.54) is 6.26 Å². The highest BCUT2D eigenvalue weighted by Crippen LogP contribution is 2.19. The number of hydrogen-bond acceptors (Lipinski definition) is 2. The molecule has 0 aromatic heterocycles. The van der Waals surface area contributed by atoms with E-state index in [1.807, 2.05) is 0 Å². The maximum atomic E-state index is 9.42. The molecule has 0 aromatic carbocycles. The van der Waals surface area contributed by atoms with E-state index in [-0.39, 0.29) is 12.2 Å². The summed E-state index contributed by atoms with van der Waals surface area (Å²) in [5.41, 5.74) is 0. The molecule has 1 aliphatic carbocycles. The summed E-state index contributed by atoms with van der Waals surface area (Å²) >= 11 is 0. The monoisotopic (exact) mass is 170 g/mol. The van der Waals surface area contributed by atoms with Crippen LogP contribution in [-0.2, 0) is 4.74 Å². The Kier molecular flexibility index (Phi) is 4.15. The molecule has 0 bridgehead atoms. The Balaban J connectivity index is 2.28. The highest BCUT2D eigenvalue weighted by molar-refractivity contribution is 4.69. The van der Waals surface area contributed by atoms with Crippen LogP contribution >= 0.6 is 0 Å². The third-order valence-corrected chi connectivity index (χ3v) is 2.42. The van der Waals surface area contributed by atoms with Crippen LogP contribution in [0.3, 0.4) is 0 Å². The largest absolute Gasteiger partial charge is 0.499 e. The highest BCUT2D eigenvalue weighted by atomic mass is 16.5. The van der Waals surface area contributed by atoms with Crippen molar-refractivity contribution in [3.8, 4) is 0 Å². The van der Waals surface area contributed by atoms with Crippen LogP contribution in [0.5, 0.6) is 0 Å². The molecule has 1 saturated carbocycles. The van der Waals surface area contributed by atoms with E-state index in [0.29, 0.717) is 0 Å². The smallest absolute Gasteiger partial charge is 0.0979 e. The van der Waals surface area contributed by atoms with Gasteiger partial charge in [-0.2, -0.15) is 0 Å². The Morgan fingerprint density at radius 3 is 2.67 bits per heavy atom. The second kappa shape index (κ2) is 5.20. The maximum Gasteiger partial charge on any atom is 0.0979 e. The van der Waals surface area contributed by atoms with Gasteiger partial charge in [-0.25, -0.2) is 0 Å². The van der Waals surface area contributed by atoms with Crippen molar-refractivity contribution in [2.24, 2.45) is 0 Å². The van der Waals surface area contributed by atoms with E-state index in [4.69, 9.17) is 4.74 Å². The lowest BCUT2D eigenvalue weighted by molar-refractivity contribution is 0.0753. The van der Waals surface area contributed by atoms with Crippen molar-refractivity contribution in [3.05, 3.63) is 12.8 Å². The molecule has 1 N–H and O–H groups in total. The molecule has 0 aromatic rings. The summed E-state index contributed by atoms with van der Waals surface area (Å²) in [4.78, 5) is 0. The lowest BCUT2D eigenvalue weighted by atomic mass is 9.97. The minimum atomic E-state index is -0.110. The van der Waals surface area contributed by atoms with Crippen molar-refractivity contribution in [1.29, 1.82) is 0 Å². The molecule has 0 spiro atoms. The average molecular weight is 170 g/mol. The summed E-state index contributed by atoms with van der Waals surface area (Å²) in [5, 5.41) is 9.42. The van der Waals surface area contributed by atoms with Gasteiger partial charge in [0.1, 0.15) is 0 Å². The molecule has 0 aliphatic heterocycles. The fraction of sp³-hybridized carbons (Fsp3) is 0.800. The van der Waals surface area contributed by atoms with Crippen LogP contribution in [0.2, 0.25) is 0 Å². The van der Waals surface area contributed by atoms with E-state index in [9.17, 15) is 5.11 Å². The zero-order chi connectivity index (χ0) is 8.81. The second-order valence-electron chi connectivity index (χ2n) is 3.44. The van der Waals surface area contributed by atoms with Crippen LogP contribution in [0.1, 0.15) is 38.5 Å². The number of ether oxygens (including phenoxy) is 1. The Morgan fingerprint density at radius 1 is 1.17 bits per heavy atom. The number of aliphatic hydroxyl groups excluding tert-OH is 1. The highest BCUT2D eigenvalue weighted by Gasteiger charge is 2.15. The Bertz CT molecular complexity index is 134. The molecule has 70 valence electrons. The molecule has 2 heteroatoms. The van der Waals surface area contributed by atoms with Gasteiger partial charge in [-0.3, -0.25) is 0 Å². The van der Waals surface area contributed by atoms with E-state index < -0.39 is 0 Å². The van der Waals surface area contributed by atoms with Crippen molar-refractivity contribution in [2.75, 3.05) is 0 Å². The standard InChI is InChI=1S/C10H18O2/c1-2-12-10-6-4-3-5-9(11)7-8-10/h2,9-11H,1,3-8H2. The minimum Gasteiger partial charge on any atom is -0.499 e. The Labute approximate surface area is 74.2 Å². The first-order valence-electron chi connectivity index (χ1n) is 4.77. The van der Waals surface area contributed by atoms with Crippen LogP contribution in [0.25, 0.3) is 0 Å². The van der Waals surface area contributed by atoms with Crippen molar-refractivity contribution in [2.45, 2.75) is 50.7 Å². The molecule has 0 radical (unpaired) electrons. The van der Waals surface area contributed by atoms with Gasteiger partial charge in [0, 0.05) is 0 Å². The van der Waals surface area contributed by atoms with Crippen molar-refractivity contribution >= 4 is 0 Å². The van der Waals surface area contributed by atoms with Crippen molar-refractivity contribution < 1.29 is 9.84 Å². The fourth-order valence-electron chi connectivity index (χ4n) is 1.69. The normalized spacial score (nSPS) is 31.8. The minimum absolute atomic E-state index is 0.110. The summed E-state index contributed by atoms with van der Waals surface area (Å²) in [5.74, 6) is 0. The van der Waals surface area contributed by atoms with E-state index in [1.54, 1.807) is 0 Å². The molecule has 0 heterocycles. The van der Waals surface area contributed by atoms with Gasteiger partial charge in [0.25, 0.3) is 0 Å². The SMILES string of the molecule is C=COC1CCCCC(O)CC1. The molecule has 1 fully saturated rings. The summed E-state index contributed by atoms with van der Waals surface area (Å²) in [6.45, 7) is 3.54. The summed E-state index contributed by atoms with van der Waals surface area (Å²) < 4.78 is 5.32. The number of aliphatic hydroxyl groups is 1. The van der Waals surface area contributed by atoms with Gasteiger partial charge in [-0.05, 0) is 32.1 Å². The summed E-state index contributed by atoms with van der Waals surface area (Å²) in [6, 6.07) is 0. The molecular formula is C10H18O2. The molecule has 2 atom stereocenters. The van der Waals surface area contributed by atoms with E-state index in [0.717, 1.165) is 38.5 Å². The van der Waals surface area contributed by atoms with Crippen LogP contribution in [-0.4, -0.2) is 17.3 Å². The molecule has 1 aliphatic rings. The van der Waals surface area contributed by atoms with Gasteiger partial charge in [0.05, 0.1) is 18.5 Å². The van der Waals surface area contributed by atoms with Crippen molar-refractivity contribution in [1.82, 2.24) is 0 Å². The molecule has 1 rings (SSSR count). The van der Waals surface area contributed by atoms with E-state index in [2.05, 4.69) is 6.58 Å². The molecular weight excluding hydrogens is 152 g/mol. The first-order valence-corrected chi connectivity index (χ1v) is 4.77. The van der Waals surface area contributed by atoms with Gasteiger partial charge in [-0.1, -0.05) is 13.0 Å². The number of hydrogen-bond donors (Lipinski definition) is 1. The van der Waals surface area contributed by atoms with Gasteiger partial charge in [0.15, 0.2) is 0 Å². The lowest BCUT2D eigenvalue weighted by Gasteiger charge is -2.21. The van der Waals surface area contributed by atoms with Gasteiger partial charge >= 0.3 is 0 Å². The lowest BCUT2D eigenvalue weighted by Crippen LogP contribution is -2.17. The summed E-state index contributed by atoms with van der Waals surface area (Å²) in [6.07, 6.45) is 7.89. The van der Waals surface area contributed by atoms with Gasteiger partial charge in [-0.15, -0.1) is 0 Å². The zero-order valence-electron chi connectivity index (χ0n) is 7.54. The third-order valence-electron chi connectivity index (χ3n) is 2.42. The Hall–Kier alpha value is -0.500. The third kappa shape index (κ3) is 3.26. The predicted octanol–water partition coefficient (Wildman–Crippen LogP) is 2.23. The quantitative estimate of drug-likeness (QED) is 0.644. The summed E-state index contributed by atoms with van der Waals surface area (Å²) in [7, 11) is 0. The zero-order valence-corrected chi connectivity index (χ0v) is 7.54. The Morgan fingerprint density at radius 2 is 1.92 bits per heavy atom. The molecule has 2 nitrogen and oxygen atoms in total. The van der Waals surface area contributed by atoms with Gasteiger partial charge < -0.3 is 9.84 Å². The fourth-order valence-corrected chi connectivity index (χ4v) is 1.69. The first kappa shape index (κ1) is 9.59. The topological polar surface area (TPSA) is 29.5 Å². The molecule has 12 heavy (non-hydrogen) atoms. The molecule has 2 unspecified atom stereocenters. The van der Waals surface area contributed by atoms with Crippen LogP contribution < -0.4 is 0 Å². The van der Waals surface area contributed by atoms with Crippen molar-refractivity contribution in [3.63, 3.8) is 0 Å². The second-order valence-corrected chi connectivity index (χ2v) is 3.44. The predicted molar refractivity (Wildman–Crippen MR) is 48.8 cm³/mol. The average Bonchev–Trinajstić information content (AvgIpc) is 2.04. The first-order chi connectivity index (χ1) is 5.83. The molecule has 0 amide bonds. The number of rotatable bonds is 2. The van der Waals surface area contributed by atoms with Crippen LogP contribution in [0, 0.1) is 0 Å². The van der Waals surface area contributed by atoms with E-state index >= 15 is 0 Å². The maximum absolute atomic E-state index is 9.42. The molecule has 0 saturated heterocycles. The van der Waals surface area contributed by atoms with Crippen LogP contribution in [0.15, 0.2) is 12.8 Å². The van der Waals surface area contributed by atoms with Crippen LogP contribution in [0.4, 0.5) is 0 Å².